The summed E-state index contributed by atoms with van der Waals surface area (Å²) in [6.07, 6.45) is 4.23. The van der Waals surface area contributed by atoms with Crippen molar-refractivity contribution in [2.45, 2.75) is 25.4 Å². The van der Waals surface area contributed by atoms with Crippen molar-refractivity contribution >= 4 is 0 Å². The number of fused-ring (bicyclic) bond motifs is 1. The summed E-state index contributed by atoms with van der Waals surface area (Å²) < 4.78 is 5.94. The molecular formula is C16H26N2O+2. The van der Waals surface area contributed by atoms with Gasteiger partial charge in [0, 0.05) is 12.8 Å². The maximum atomic E-state index is 5.94. The van der Waals surface area contributed by atoms with Crippen LogP contribution in [0.5, 0.6) is 0 Å². The van der Waals surface area contributed by atoms with Crippen molar-refractivity contribution in [2.75, 3.05) is 39.3 Å². The Hall–Kier alpha value is -0.900. The van der Waals surface area contributed by atoms with Crippen LogP contribution in [0.1, 0.15) is 30.1 Å². The number of quaternary nitrogens is 2. The molecular weight excluding hydrogens is 236 g/mol. The topological polar surface area (TPSA) is 30.3 Å². The summed E-state index contributed by atoms with van der Waals surface area (Å²) in [5.74, 6) is 0. The van der Waals surface area contributed by atoms with Crippen molar-refractivity contribution in [3.05, 3.63) is 35.4 Å². The Morgan fingerprint density at radius 2 is 2.05 bits per heavy atom. The van der Waals surface area contributed by atoms with Crippen LogP contribution < -0.4 is 10.2 Å². The maximum Gasteiger partial charge on any atom is 0.131 e. The van der Waals surface area contributed by atoms with Gasteiger partial charge >= 0.3 is 0 Å². The van der Waals surface area contributed by atoms with E-state index in [2.05, 4.69) is 29.6 Å². The number of hydrogen-bond donors (Lipinski definition) is 2. The molecule has 0 unspecified atom stereocenters. The van der Waals surface area contributed by atoms with Gasteiger partial charge in [-0.3, -0.25) is 0 Å². The average Bonchev–Trinajstić information content (AvgIpc) is 2.97. The van der Waals surface area contributed by atoms with Gasteiger partial charge in [-0.15, -0.1) is 0 Å². The molecule has 3 N–H and O–H groups in total. The number of hydrogen-bond acceptors (Lipinski definition) is 1. The van der Waals surface area contributed by atoms with E-state index in [4.69, 9.17) is 4.74 Å². The predicted molar refractivity (Wildman–Crippen MR) is 75.3 cm³/mol. The van der Waals surface area contributed by atoms with Gasteiger partial charge in [0.15, 0.2) is 0 Å². The zero-order valence-electron chi connectivity index (χ0n) is 11.7. The molecule has 2 aliphatic heterocycles. The Balaban J connectivity index is 1.45. The molecule has 0 aliphatic carbocycles. The lowest BCUT2D eigenvalue weighted by molar-refractivity contribution is -0.901. The minimum absolute atomic E-state index is 0.304. The Labute approximate surface area is 115 Å². The van der Waals surface area contributed by atoms with Gasteiger partial charge in [0.25, 0.3) is 0 Å². The molecule has 3 nitrogen and oxygen atoms in total. The number of likely N-dealkylation sites (tertiary alicyclic amines) is 1. The van der Waals surface area contributed by atoms with Gasteiger partial charge in [0.05, 0.1) is 19.7 Å². The smallest absolute Gasteiger partial charge is 0.131 e. The molecule has 0 amide bonds. The number of nitrogens with two attached hydrogens (primary N) is 1. The first-order chi connectivity index (χ1) is 9.43. The van der Waals surface area contributed by atoms with E-state index in [0.717, 1.165) is 19.6 Å². The van der Waals surface area contributed by atoms with Crippen LogP contribution in [0.3, 0.4) is 0 Å². The Morgan fingerprint density at radius 3 is 2.95 bits per heavy atom. The molecule has 0 saturated carbocycles. The van der Waals surface area contributed by atoms with Crippen molar-refractivity contribution in [1.82, 2.24) is 0 Å². The lowest BCUT2D eigenvalue weighted by Crippen LogP contribution is -3.13. The second kappa shape index (κ2) is 6.51. The lowest BCUT2D eigenvalue weighted by Gasteiger charge is -2.24. The number of benzene rings is 1. The van der Waals surface area contributed by atoms with Gasteiger partial charge in [-0.2, -0.15) is 0 Å². The van der Waals surface area contributed by atoms with Crippen LogP contribution >= 0.6 is 0 Å². The first kappa shape index (κ1) is 13.1. The minimum atomic E-state index is 0.304. The largest absolute Gasteiger partial charge is 0.367 e. The molecule has 2 aliphatic rings. The van der Waals surface area contributed by atoms with Crippen molar-refractivity contribution < 1.29 is 15.0 Å². The van der Waals surface area contributed by atoms with E-state index in [1.165, 1.54) is 50.1 Å². The zero-order valence-corrected chi connectivity index (χ0v) is 11.7. The monoisotopic (exact) mass is 262 g/mol. The van der Waals surface area contributed by atoms with Crippen LogP contribution in [0, 0.1) is 0 Å². The van der Waals surface area contributed by atoms with E-state index < -0.39 is 0 Å². The average molecular weight is 262 g/mol. The third-order valence-corrected chi connectivity index (χ3v) is 4.49. The highest BCUT2D eigenvalue weighted by atomic mass is 16.5. The van der Waals surface area contributed by atoms with Gasteiger partial charge in [-0.05, 0) is 17.5 Å². The fraction of sp³-hybridized carbons (Fsp3) is 0.625. The fourth-order valence-corrected chi connectivity index (χ4v) is 3.37. The van der Waals surface area contributed by atoms with E-state index in [0.29, 0.717) is 6.10 Å². The standard InChI is InChI=1S/C16H24N2O/c1-2-6-15-14(5-1)7-12-19-16(15)13-17-8-11-18-9-3-4-10-18/h1-2,5-6,16-17H,3-4,7-13H2/p+2/t16-/m0/s1. The third-order valence-electron chi connectivity index (χ3n) is 4.49. The minimum Gasteiger partial charge on any atom is -0.367 e. The first-order valence-electron chi connectivity index (χ1n) is 7.78. The SMILES string of the molecule is c1ccc2c(c1)CCO[C@H]2C[NH2+]CC[NH+]1CCCC1. The lowest BCUT2D eigenvalue weighted by atomic mass is 9.97. The second-order valence-corrected chi connectivity index (χ2v) is 5.83. The molecule has 0 spiro atoms. The molecule has 3 heteroatoms. The second-order valence-electron chi connectivity index (χ2n) is 5.83. The molecule has 1 aromatic rings. The Kier molecular flexibility index (Phi) is 4.49. The fourth-order valence-electron chi connectivity index (χ4n) is 3.37. The van der Waals surface area contributed by atoms with Gasteiger partial charge < -0.3 is 15.0 Å². The summed E-state index contributed by atoms with van der Waals surface area (Å²) in [4.78, 5) is 1.79. The van der Waals surface area contributed by atoms with Gasteiger partial charge in [0.2, 0.25) is 0 Å². The molecule has 1 atom stereocenters. The molecule has 1 saturated heterocycles. The van der Waals surface area contributed by atoms with E-state index >= 15 is 0 Å². The molecule has 104 valence electrons. The Bertz CT molecular complexity index is 401. The summed E-state index contributed by atoms with van der Waals surface area (Å²) >= 11 is 0. The summed E-state index contributed by atoms with van der Waals surface area (Å²) in [7, 11) is 0. The molecule has 1 aromatic carbocycles. The van der Waals surface area contributed by atoms with Crippen LogP contribution in [0.2, 0.25) is 0 Å². The van der Waals surface area contributed by atoms with E-state index in [9.17, 15) is 0 Å². The highest BCUT2D eigenvalue weighted by Gasteiger charge is 2.22. The summed E-state index contributed by atoms with van der Waals surface area (Å²) in [5, 5.41) is 2.44. The van der Waals surface area contributed by atoms with E-state index in [1.807, 2.05) is 0 Å². The van der Waals surface area contributed by atoms with Crippen LogP contribution in [0.25, 0.3) is 0 Å². The van der Waals surface area contributed by atoms with Gasteiger partial charge in [0.1, 0.15) is 25.7 Å². The maximum absolute atomic E-state index is 5.94. The van der Waals surface area contributed by atoms with Crippen LogP contribution in [-0.2, 0) is 11.2 Å². The zero-order chi connectivity index (χ0) is 12.9. The van der Waals surface area contributed by atoms with E-state index in [1.54, 1.807) is 4.90 Å². The van der Waals surface area contributed by atoms with Crippen molar-refractivity contribution in [3.8, 4) is 0 Å². The summed E-state index contributed by atoms with van der Waals surface area (Å²) in [5.41, 5.74) is 2.90. The highest BCUT2D eigenvalue weighted by Crippen LogP contribution is 2.25. The molecule has 0 bridgehead atoms. The first-order valence-corrected chi connectivity index (χ1v) is 7.78. The van der Waals surface area contributed by atoms with Gasteiger partial charge in [-0.25, -0.2) is 0 Å². The van der Waals surface area contributed by atoms with Crippen molar-refractivity contribution in [1.29, 1.82) is 0 Å². The normalized spacial score (nSPS) is 23.5. The quantitative estimate of drug-likeness (QED) is 0.691. The highest BCUT2D eigenvalue weighted by molar-refractivity contribution is 5.30. The molecule has 0 radical (unpaired) electrons. The molecule has 0 aromatic heterocycles. The number of nitrogens with one attached hydrogen (secondary N) is 1. The van der Waals surface area contributed by atoms with Crippen molar-refractivity contribution in [3.63, 3.8) is 0 Å². The van der Waals surface area contributed by atoms with Crippen LogP contribution in [0.15, 0.2) is 24.3 Å². The Morgan fingerprint density at radius 1 is 1.21 bits per heavy atom. The molecule has 19 heavy (non-hydrogen) atoms. The summed E-state index contributed by atoms with van der Waals surface area (Å²) in [6.45, 7) is 7.27. The molecule has 2 heterocycles. The van der Waals surface area contributed by atoms with Crippen LogP contribution in [-0.4, -0.2) is 39.3 Å². The van der Waals surface area contributed by atoms with Crippen LogP contribution in [0.4, 0.5) is 0 Å². The van der Waals surface area contributed by atoms with E-state index in [-0.39, 0.29) is 0 Å². The third kappa shape index (κ3) is 3.35. The van der Waals surface area contributed by atoms with Crippen molar-refractivity contribution in [2.24, 2.45) is 0 Å². The number of rotatable bonds is 5. The molecule has 3 rings (SSSR count). The number of ether oxygens (including phenoxy) is 1. The predicted octanol–water partition coefficient (Wildman–Crippen LogP) is -0.457. The van der Waals surface area contributed by atoms with Gasteiger partial charge in [-0.1, -0.05) is 24.3 Å². The summed E-state index contributed by atoms with van der Waals surface area (Å²) in [6, 6.07) is 8.76. The molecule has 1 fully saturated rings.